The zero-order chi connectivity index (χ0) is 16.2. The highest BCUT2D eigenvalue weighted by Gasteiger charge is 2.20. The average molecular weight is 363 g/mol. The van der Waals surface area contributed by atoms with Crippen molar-refractivity contribution in [1.29, 1.82) is 0 Å². The molecule has 2 aromatic rings. The van der Waals surface area contributed by atoms with Crippen molar-refractivity contribution in [3.05, 3.63) is 59.1 Å². The Hall–Kier alpha value is -1.43. The van der Waals surface area contributed by atoms with Crippen LogP contribution in [0.3, 0.4) is 0 Å². The minimum absolute atomic E-state index is 0.0785. The minimum Gasteiger partial charge on any atom is -0.324 e. The van der Waals surface area contributed by atoms with Gasteiger partial charge in [-0.15, -0.1) is 0 Å². The van der Waals surface area contributed by atoms with Gasteiger partial charge in [0.05, 0.1) is 21.6 Å². The monoisotopic (exact) mass is 362 g/mol. The van der Waals surface area contributed by atoms with Crippen LogP contribution in [0, 0.1) is 0 Å². The van der Waals surface area contributed by atoms with Gasteiger partial charge >= 0.3 is 0 Å². The predicted molar refractivity (Wildman–Crippen MR) is 102 cm³/mol. The first kappa shape index (κ1) is 16.4. The van der Waals surface area contributed by atoms with Crippen molar-refractivity contribution in [2.75, 3.05) is 5.32 Å². The van der Waals surface area contributed by atoms with E-state index in [0.717, 1.165) is 15.8 Å². The number of carbonyl (C=O) groups is 1. The molecule has 3 nitrogen and oxygen atoms in total. The fraction of sp³-hybridized carbons (Fsp3) is 0.176. The van der Waals surface area contributed by atoms with Gasteiger partial charge in [0.2, 0.25) is 5.91 Å². The van der Waals surface area contributed by atoms with E-state index >= 15 is 0 Å². The topological polar surface area (TPSA) is 41.5 Å². The molecule has 0 saturated carbocycles. The maximum Gasteiger partial charge on any atom is 0.237 e. The van der Waals surface area contributed by atoms with E-state index in [4.69, 9.17) is 11.6 Å². The second-order valence-corrected chi connectivity index (χ2v) is 7.98. The number of hydrogen-bond donors (Lipinski definition) is 1. The number of rotatable bonds is 3. The summed E-state index contributed by atoms with van der Waals surface area (Å²) in [7, 11) is 0. The zero-order valence-corrected chi connectivity index (χ0v) is 14.8. The normalized spacial score (nSPS) is 14.6. The molecule has 1 heterocycles. The molecular formula is C17H15ClN2OS2. The summed E-state index contributed by atoms with van der Waals surface area (Å²) in [5.41, 5.74) is 2.86. The summed E-state index contributed by atoms with van der Waals surface area (Å²) >= 11 is 9.21. The molecule has 1 amide bonds. The maximum atomic E-state index is 12.3. The van der Waals surface area contributed by atoms with Gasteiger partial charge in [0.25, 0.3) is 0 Å². The van der Waals surface area contributed by atoms with Gasteiger partial charge in [-0.2, -0.15) is 0 Å². The number of nitrogens with one attached hydrogen (secondary N) is 1. The van der Waals surface area contributed by atoms with Gasteiger partial charge in [-0.3, -0.25) is 4.79 Å². The molecule has 0 spiro atoms. The van der Waals surface area contributed by atoms with E-state index in [1.54, 1.807) is 23.9 Å². The number of fused-ring (bicyclic) bond motifs is 1. The Morgan fingerprint density at radius 3 is 2.83 bits per heavy atom. The predicted octanol–water partition coefficient (Wildman–Crippen LogP) is 5.33. The Morgan fingerprint density at radius 2 is 2.00 bits per heavy atom. The first-order valence-corrected chi connectivity index (χ1v) is 9.39. The fourth-order valence-corrected chi connectivity index (χ4v) is 4.44. The molecule has 2 aromatic carbocycles. The Bertz CT molecular complexity index is 764. The smallest absolute Gasteiger partial charge is 0.237 e. The number of para-hydroxylation sites is 2. The lowest BCUT2D eigenvalue weighted by atomic mass is 10.2. The Balaban J connectivity index is 1.65. The van der Waals surface area contributed by atoms with E-state index in [0.29, 0.717) is 10.7 Å². The van der Waals surface area contributed by atoms with E-state index in [-0.39, 0.29) is 11.2 Å². The number of aliphatic imine (C=N–C) groups is 1. The van der Waals surface area contributed by atoms with Crippen molar-refractivity contribution >= 4 is 56.8 Å². The van der Waals surface area contributed by atoms with Gasteiger partial charge in [0.15, 0.2) is 0 Å². The Labute approximate surface area is 148 Å². The van der Waals surface area contributed by atoms with Crippen LogP contribution in [-0.4, -0.2) is 15.5 Å². The van der Waals surface area contributed by atoms with Crippen LogP contribution in [0.2, 0.25) is 5.02 Å². The third-order valence-electron chi connectivity index (χ3n) is 3.33. The van der Waals surface area contributed by atoms with Crippen LogP contribution in [0.4, 0.5) is 11.4 Å². The molecule has 23 heavy (non-hydrogen) atoms. The van der Waals surface area contributed by atoms with E-state index < -0.39 is 0 Å². The van der Waals surface area contributed by atoms with Gasteiger partial charge in [0, 0.05) is 5.75 Å². The second-order valence-electron chi connectivity index (χ2n) is 5.02. The van der Waals surface area contributed by atoms with E-state index in [9.17, 15) is 4.79 Å². The van der Waals surface area contributed by atoms with Gasteiger partial charge in [-0.1, -0.05) is 65.5 Å². The molecule has 1 unspecified atom stereocenters. The largest absolute Gasteiger partial charge is 0.324 e. The number of halogens is 1. The van der Waals surface area contributed by atoms with Crippen LogP contribution in [0.15, 0.2) is 53.5 Å². The number of nitrogens with zero attached hydrogens (tertiary/aromatic N) is 1. The van der Waals surface area contributed by atoms with Crippen molar-refractivity contribution in [2.45, 2.75) is 17.9 Å². The summed E-state index contributed by atoms with van der Waals surface area (Å²) in [5, 5.41) is 3.15. The van der Waals surface area contributed by atoms with Crippen molar-refractivity contribution in [1.82, 2.24) is 0 Å². The highest BCUT2D eigenvalue weighted by atomic mass is 35.5. The first-order valence-electron chi connectivity index (χ1n) is 7.15. The lowest BCUT2D eigenvalue weighted by Gasteiger charge is -2.17. The fourth-order valence-electron chi connectivity index (χ4n) is 2.07. The van der Waals surface area contributed by atoms with Crippen LogP contribution >= 0.6 is 35.1 Å². The summed E-state index contributed by atoms with van der Waals surface area (Å²) in [4.78, 5) is 17.0. The van der Waals surface area contributed by atoms with E-state index in [1.807, 2.05) is 37.3 Å². The number of hydrogen-bond acceptors (Lipinski definition) is 4. The Kier molecular flexibility index (Phi) is 5.30. The number of anilines is 1. The van der Waals surface area contributed by atoms with Gasteiger partial charge in [-0.25, -0.2) is 4.99 Å². The molecule has 0 aliphatic carbocycles. The average Bonchev–Trinajstić information content (AvgIpc) is 2.56. The molecule has 0 saturated heterocycles. The van der Waals surface area contributed by atoms with Gasteiger partial charge in [0.1, 0.15) is 4.38 Å². The van der Waals surface area contributed by atoms with Crippen LogP contribution in [-0.2, 0) is 10.5 Å². The van der Waals surface area contributed by atoms with Crippen molar-refractivity contribution < 1.29 is 4.79 Å². The van der Waals surface area contributed by atoms with Crippen LogP contribution in [0.25, 0.3) is 0 Å². The lowest BCUT2D eigenvalue weighted by molar-refractivity contribution is -0.115. The molecule has 0 bridgehead atoms. The SMILES string of the molecule is CC(SC1=Nc2ccccc2CS1)C(=O)Nc1ccccc1Cl. The van der Waals surface area contributed by atoms with E-state index in [2.05, 4.69) is 16.4 Å². The first-order chi connectivity index (χ1) is 11.1. The number of benzene rings is 2. The zero-order valence-electron chi connectivity index (χ0n) is 12.5. The standard InChI is InChI=1S/C17H15ClN2OS2/c1-11(16(21)19-15-9-5-3-7-13(15)18)23-17-20-14-8-4-2-6-12(14)10-22-17/h2-9,11H,10H2,1H3,(H,19,21). The number of amides is 1. The summed E-state index contributed by atoms with van der Waals surface area (Å²) in [6.45, 7) is 1.88. The van der Waals surface area contributed by atoms with Crippen molar-refractivity contribution in [3.8, 4) is 0 Å². The lowest BCUT2D eigenvalue weighted by Crippen LogP contribution is -2.23. The van der Waals surface area contributed by atoms with Crippen molar-refractivity contribution in [3.63, 3.8) is 0 Å². The van der Waals surface area contributed by atoms with Crippen LogP contribution in [0.1, 0.15) is 12.5 Å². The van der Waals surface area contributed by atoms with Gasteiger partial charge < -0.3 is 5.32 Å². The third-order valence-corrected chi connectivity index (χ3v) is 5.96. The molecule has 0 fully saturated rings. The molecule has 1 atom stereocenters. The highest BCUT2D eigenvalue weighted by Crippen LogP contribution is 2.36. The molecule has 118 valence electrons. The number of thioether (sulfide) groups is 2. The Morgan fingerprint density at radius 1 is 1.26 bits per heavy atom. The number of carbonyl (C=O) groups excluding carboxylic acids is 1. The van der Waals surface area contributed by atoms with Crippen LogP contribution in [0.5, 0.6) is 0 Å². The molecule has 1 N–H and O–H groups in total. The molecule has 6 heteroatoms. The molecule has 3 rings (SSSR count). The molecule has 0 radical (unpaired) electrons. The summed E-state index contributed by atoms with van der Waals surface area (Å²) < 4.78 is 0.922. The second kappa shape index (κ2) is 7.43. The highest BCUT2D eigenvalue weighted by molar-refractivity contribution is 8.39. The van der Waals surface area contributed by atoms with Crippen molar-refractivity contribution in [2.24, 2.45) is 4.99 Å². The summed E-state index contributed by atoms with van der Waals surface area (Å²) in [6.07, 6.45) is 0. The summed E-state index contributed by atoms with van der Waals surface area (Å²) in [6, 6.07) is 15.3. The van der Waals surface area contributed by atoms with E-state index in [1.165, 1.54) is 17.3 Å². The maximum absolute atomic E-state index is 12.3. The summed E-state index contributed by atoms with van der Waals surface area (Å²) in [5.74, 6) is 0.811. The molecule has 1 aliphatic heterocycles. The molecule has 0 aromatic heterocycles. The molecular weight excluding hydrogens is 348 g/mol. The minimum atomic E-state index is -0.247. The third kappa shape index (κ3) is 4.10. The van der Waals surface area contributed by atoms with Gasteiger partial charge in [-0.05, 0) is 30.7 Å². The van der Waals surface area contributed by atoms with Crippen LogP contribution < -0.4 is 5.32 Å². The quantitative estimate of drug-likeness (QED) is 0.801. The molecule has 1 aliphatic rings.